The molecule has 4 heteroatoms. The molecule has 18 heavy (non-hydrogen) atoms. The second-order valence-electron chi connectivity index (χ2n) is 4.77. The van der Waals surface area contributed by atoms with E-state index in [1.807, 2.05) is 13.8 Å². The second kappa shape index (κ2) is 5.65. The highest BCUT2D eigenvalue weighted by Crippen LogP contribution is 2.31. The van der Waals surface area contributed by atoms with Crippen molar-refractivity contribution in [2.45, 2.75) is 38.5 Å². The Kier molecular flexibility index (Phi) is 4.68. The van der Waals surface area contributed by atoms with Crippen LogP contribution in [0, 0.1) is 5.92 Å². The molecule has 0 aromatic heterocycles. The van der Waals surface area contributed by atoms with Gasteiger partial charge in [0.05, 0.1) is 10.6 Å². The Morgan fingerprint density at radius 2 is 1.78 bits per heavy atom. The standard InChI is InChI=1S/C14H20O3S/c1-5-18(16,17)13-9-7-6-8-12(13)14(10(2)3)11(4)15/h6-10,14H,5H2,1-4H3. The summed E-state index contributed by atoms with van der Waals surface area (Å²) in [7, 11) is -3.29. The Hall–Kier alpha value is -1.16. The van der Waals surface area contributed by atoms with Crippen LogP contribution in [0.2, 0.25) is 0 Å². The summed E-state index contributed by atoms with van der Waals surface area (Å²) in [5.41, 5.74) is 0.627. The van der Waals surface area contributed by atoms with Crippen molar-refractivity contribution in [3.8, 4) is 0 Å². The summed E-state index contributed by atoms with van der Waals surface area (Å²) in [6, 6.07) is 6.81. The van der Waals surface area contributed by atoms with E-state index in [0.717, 1.165) is 0 Å². The van der Waals surface area contributed by atoms with Crippen LogP contribution >= 0.6 is 0 Å². The Morgan fingerprint density at radius 3 is 2.22 bits per heavy atom. The lowest BCUT2D eigenvalue weighted by atomic mass is 9.85. The van der Waals surface area contributed by atoms with Crippen molar-refractivity contribution in [2.75, 3.05) is 5.75 Å². The normalized spacial score (nSPS) is 13.6. The molecule has 0 aliphatic carbocycles. The van der Waals surface area contributed by atoms with Gasteiger partial charge >= 0.3 is 0 Å². The van der Waals surface area contributed by atoms with E-state index in [1.54, 1.807) is 31.2 Å². The zero-order valence-corrected chi connectivity index (χ0v) is 12.1. The maximum Gasteiger partial charge on any atom is 0.178 e. The molecule has 0 spiro atoms. The highest BCUT2D eigenvalue weighted by atomic mass is 32.2. The zero-order chi connectivity index (χ0) is 13.9. The van der Waals surface area contributed by atoms with E-state index in [9.17, 15) is 13.2 Å². The second-order valence-corrected chi connectivity index (χ2v) is 7.02. The number of benzene rings is 1. The average Bonchev–Trinajstić information content (AvgIpc) is 2.28. The molecule has 0 radical (unpaired) electrons. The van der Waals surface area contributed by atoms with Gasteiger partial charge in [-0.2, -0.15) is 0 Å². The third-order valence-electron chi connectivity index (χ3n) is 3.07. The molecule has 1 rings (SSSR count). The number of hydrogen-bond donors (Lipinski definition) is 0. The first-order valence-electron chi connectivity index (χ1n) is 6.13. The lowest BCUT2D eigenvalue weighted by Gasteiger charge is -2.21. The monoisotopic (exact) mass is 268 g/mol. The lowest BCUT2D eigenvalue weighted by Crippen LogP contribution is -2.19. The van der Waals surface area contributed by atoms with Crippen LogP contribution in [0.1, 0.15) is 39.2 Å². The van der Waals surface area contributed by atoms with E-state index in [-0.39, 0.29) is 23.4 Å². The molecule has 1 aromatic rings. The van der Waals surface area contributed by atoms with E-state index in [2.05, 4.69) is 0 Å². The number of sulfone groups is 1. The third-order valence-corrected chi connectivity index (χ3v) is 4.88. The summed E-state index contributed by atoms with van der Waals surface area (Å²) in [4.78, 5) is 12.1. The zero-order valence-electron chi connectivity index (χ0n) is 11.3. The minimum atomic E-state index is -3.29. The fourth-order valence-electron chi connectivity index (χ4n) is 2.22. The maximum atomic E-state index is 12.1. The molecular formula is C14H20O3S. The minimum absolute atomic E-state index is 0.00348. The summed E-state index contributed by atoms with van der Waals surface area (Å²) in [5, 5.41) is 0. The SMILES string of the molecule is CCS(=O)(=O)c1ccccc1C(C(C)=O)C(C)C. The predicted octanol–water partition coefficient (Wildman–Crippen LogP) is 2.81. The van der Waals surface area contributed by atoms with Crippen molar-refractivity contribution in [1.29, 1.82) is 0 Å². The van der Waals surface area contributed by atoms with Crippen LogP contribution in [0.15, 0.2) is 29.2 Å². The van der Waals surface area contributed by atoms with Crippen molar-refractivity contribution in [2.24, 2.45) is 5.92 Å². The number of carbonyl (C=O) groups excluding carboxylic acids is 1. The molecule has 0 amide bonds. The van der Waals surface area contributed by atoms with Crippen LogP contribution < -0.4 is 0 Å². The largest absolute Gasteiger partial charge is 0.299 e. The van der Waals surface area contributed by atoms with Gasteiger partial charge in [0.1, 0.15) is 5.78 Å². The number of hydrogen-bond acceptors (Lipinski definition) is 3. The molecule has 0 fully saturated rings. The predicted molar refractivity (Wildman–Crippen MR) is 72.4 cm³/mol. The van der Waals surface area contributed by atoms with E-state index in [4.69, 9.17) is 0 Å². The van der Waals surface area contributed by atoms with E-state index >= 15 is 0 Å². The molecule has 0 bridgehead atoms. The first kappa shape index (κ1) is 14.9. The Labute approximate surface area is 109 Å². The van der Waals surface area contributed by atoms with Gasteiger partial charge in [-0.25, -0.2) is 8.42 Å². The van der Waals surface area contributed by atoms with Crippen LogP contribution in [0.4, 0.5) is 0 Å². The van der Waals surface area contributed by atoms with E-state index in [0.29, 0.717) is 10.5 Å². The summed E-state index contributed by atoms with van der Waals surface area (Å²) in [6.07, 6.45) is 0. The molecule has 0 heterocycles. The van der Waals surface area contributed by atoms with Gasteiger partial charge in [-0.15, -0.1) is 0 Å². The Morgan fingerprint density at radius 1 is 1.22 bits per heavy atom. The first-order chi connectivity index (χ1) is 8.31. The van der Waals surface area contributed by atoms with Gasteiger partial charge in [0.2, 0.25) is 0 Å². The van der Waals surface area contributed by atoms with Crippen LogP contribution in [0.3, 0.4) is 0 Å². The van der Waals surface area contributed by atoms with Crippen LogP contribution in [-0.2, 0) is 14.6 Å². The van der Waals surface area contributed by atoms with E-state index < -0.39 is 9.84 Å². The van der Waals surface area contributed by atoms with Gasteiger partial charge in [0.15, 0.2) is 9.84 Å². The molecule has 0 N–H and O–H groups in total. The van der Waals surface area contributed by atoms with Gasteiger partial charge in [0, 0.05) is 5.92 Å². The topological polar surface area (TPSA) is 51.2 Å². The number of Topliss-reactive ketones (excluding diaryl/α,β-unsaturated/α-hetero) is 1. The van der Waals surface area contributed by atoms with Crippen LogP contribution in [0.25, 0.3) is 0 Å². The molecule has 0 aliphatic heterocycles. The van der Waals surface area contributed by atoms with E-state index in [1.165, 1.54) is 6.92 Å². The Bertz CT molecular complexity index is 530. The van der Waals surface area contributed by atoms with Crippen molar-refractivity contribution >= 4 is 15.6 Å². The fourth-order valence-corrected chi connectivity index (χ4v) is 3.37. The van der Waals surface area contributed by atoms with Crippen LogP contribution in [0.5, 0.6) is 0 Å². The lowest BCUT2D eigenvalue weighted by molar-refractivity contribution is -0.119. The van der Waals surface area contributed by atoms with Gasteiger partial charge in [0.25, 0.3) is 0 Å². The number of rotatable bonds is 5. The van der Waals surface area contributed by atoms with Crippen molar-refractivity contribution < 1.29 is 13.2 Å². The summed E-state index contributed by atoms with van der Waals surface area (Å²) < 4.78 is 24.1. The maximum absolute atomic E-state index is 12.1. The first-order valence-corrected chi connectivity index (χ1v) is 7.78. The molecule has 3 nitrogen and oxygen atoms in total. The average molecular weight is 268 g/mol. The molecule has 0 saturated carbocycles. The van der Waals surface area contributed by atoms with Gasteiger partial charge in [-0.3, -0.25) is 4.79 Å². The van der Waals surface area contributed by atoms with Crippen molar-refractivity contribution in [1.82, 2.24) is 0 Å². The molecular weight excluding hydrogens is 248 g/mol. The molecule has 0 saturated heterocycles. The van der Waals surface area contributed by atoms with Crippen LogP contribution in [-0.4, -0.2) is 20.0 Å². The van der Waals surface area contributed by atoms with Gasteiger partial charge in [-0.05, 0) is 24.5 Å². The van der Waals surface area contributed by atoms with Crippen molar-refractivity contribution in [3.63, 3.8) is 0 Å². The minimum Gasteiger partial charge on any atom is -0.299 e. The van der Waals surface area contributed by atoms with Gasteiger partial charge in [-0.1, -0.05) is 39.0 Å². The quantitative estimate of drug-likeness (QED) is 0.825. The molecule has 100 valence electrons. The summed E-state index contributed by atoms with van der Waals surface area (Å²) >= 11 is 0. The molecule has 1 unspecified atom stereocenters. The highest BCUT2D eigenvalue weighted by Gasteiger charge is 2.27. The summed E-state index contributed by atoms with van der Waals surface area (Å²) in [5.74, 6) is -0.228. The molecule has 1 aromatic carbocycles. The fraction of sp³-hybridized carbons (Fsp3) is 0.500. The van der Waals surface area contributed by atoms with Gasteiger partial charge < -0.3 is 0 Å². The molecule has 0 aliphatic rings. The Balaban J connectivity index is 3.46. The number of ketones is 1. The third kappa shape index (κ3) is 2.99. The molecule has 1 atom stereocenters. The number of carbonyl (C=O) groups is 1. The van der Waals surface area contributed by atoms with Crippen molar-refractivity contribution in [3.05, 3.63) is 29.8 Å². The highest BCUT2D eigenvalue weighted by molar-refractivity contribution is 7.91. The summed E-state index contributed by atoms with van der Waals surface area (Å²) in [6.45, 7) is 6.99. The smallest absolute Gasteiger partial charge is 0.178 e.